The zero-order valence-corrected chi connectivity index (χ0v) is 9.17. The minimum absolute atomic E-state index is 0.266. The van der Waals surface area contributed by atoms with Gasteiger partial charge in [-0.15, -0.1) is 0 Å². The van der Waals surface area contributed by atoms with Crippen molar-refractivity contribution in [2.24, 2.45) is 0 Å². The largest absolute Gasteiger partial charge is 0.375 e. The van der Waals surface area contributed by atoms with Crippen molar-refractivity contribution in [1.29, 1.82) is 0 Å². The van der Waals surface area contributed by atoms with Gasteiger partial charge < -0.3 is 5.73 Å². The molecule has 0 amide bonds. The van der Waals surface area contributed by atoms with Crippen LogP contribution in [0.25, 0.3) is 10.2 Å². The highest BCUT2D eigenvalue weighted by atomic mass is 79.9. The average Bonchev–Trinajstić information content (AvgIpc) is 2.42. The molecular formula is C8H6BrFN2S. The Morgan fingerprint density at radius 3 is 3.00 bits per heavy atom. The molecular weight excluding hydrogens is 255 g/mol. The van der Waals surface area contributed by atoms with Crippen molar-refractivity contribution in [3.63, 3.8) is 0 Å². The number of rotatable bonds is 0. The number of fused-ring (bicyclic) bond motifs is 1. The van der Waals surface area contributed by atoms with Crippen molar-refractivity contribution < 1.29 is 4.39 Å². The van der Waals surface area contributed by atoms with E-state index in [4.69, 9.17) is 5.73 Å². The molecule has 0 aliphatic carbocycles. The molecule has 0 bridgehead atoms. The third kappa shape index (κ3) is 1.32. The van der Waals surface area contributed by atoms with E-state index < -0.39 is 0 Å². The van der Waals surface area contributed by atoms with Crippen molar-refractivity contribution in [1.82, 2.24) is 4.98 Å². The highest BCUT2D eigenvalue weighted by Crippen LogP contribution is 2.31. The van der Waals surface area contributed by atoms with Crippen molar-refractivity contribution in [3.8, 4) is 0 Å². The third-order valence-electron chi connectivity index (χ3n) is 1.82. The molecule has 0 atom stereocenters. The van der Waals surface area contributed by atoms with Gasteiger partial charge in [-0.25, -0.2) is 9.37 Å². The number of nitrogens with zero attached hydrogens (tertiary/aromatic N) is 1. The summed E-state index contributed by atoms with van der Waals surface area (Å²) in [5, 5.41) is 0.468. The maximum atomic E-state index is 13.3. The molecule has 68 valence electrons. The molecule has 2 aromatic rings. The van der Waals surface area contributed by atoms with Gasteiger partial charge in [-0.2, -0.15) is 0 Å². The maximum absolute atomic E-state index is 13.3. The molecule has 0 unspecified atom stereocenters. The molecule has 1 heterocycles. The van der Waals surface area contributed by atoms with Gasteiger partial charge in [0.2, 0.25) is 0 Å². The molecule has 0 radical (unpaired) electrons. The average molecular weight is 261 g/mol. The number of nitrogen functional groups attached to an aromatic ring is 1. The van der Waals surface area contributed by atoms with Crippen LogP contribution in [0.2, 0.25) is 0 Å². The van der Waals surface area contributed by atoms with Crippen LogP contribution in [-0.2, 0) is 0 Å². The predicted molar refractivity (Wildman–Crippen MR) is 56.4 cm³/mol. The molecule has 0 spiro atoms. The Bertz CT molecular complexity index is 480. The van der Waals surface area contributed by atoms with Crippen LogP contribution >= 0.6 is 27.3 Å². The first-order valence-corrected chi connectivity index (χ1v) is 5.21. The fourth-order valence-corrected chi connectivity index (χ4v) is 2.69. The Morgan fingerprint density at radius 1 is 1.62 bits per heavy atom. The molecule has 2 rings (SSSR count). The van der Waals surface area contributed by atoms with E-state index >= 15 is 0 Å². The molecule has 2 nitrogen and oxygen atoms in total. The van der Waals surface area contributed by atoms with Crippen molar-refractivity contribution in [2.75, 3.05) is 5.73 Å². The number of aromatic nitrogens is 1. The molecule has 5 heteroatoms. The molecule has 2 N–H and O–H groups in total. The summed E-state index contributed by atoms with van der Waals surface area (Å²) in [4.78, 5) is 4.05. The van der Waals surface area contributed by atoms with Gasteiger partial charge >= 0.3 is 0 Å². The summed E-state index contributed by atoms with van der Waals surface area (Å²) in [5.74, 6) is -0.266. The van der Waals surface area contributed by atoms with Crippen LogP contribution in [0.1, 0.15) is 5.56 Å². The van der Waals surface area contributed by atoms with Gasteiger partial charge in [-0.1, -0.05) is 11.3 Å². The van der Waals surface area contributed by atoms with Gasteiger partial charge in [0.1, 0.15) is 5.82 Å². The molecule has 1 aromatic heterocycles. The Morgan fingerprint density at radius 2 is 2.31 bits per heavy atom. The third-order valence-corrected chi connectivity index (χ3v) is 3.23. The van der Waals surface area contributed by atoms with Crippen molar-refractivity contribution >= 4 is 42.6 Å². The predicted octanol–water partition coefficient (Wildman–Crippen LogP) is 3.09. The van der Waals surface area contributed by atoms with Crippen molar-refractivity contribution in [2.45, 2.75) is 6.92 Å². The Hall–Kier alpha value is -0.680. The second-order valence-corrected chi connectivity index (χ2v) is 4.61. The van der Waals surface area contributed by atoms with Crippen LogP contribution in [-0.4, -0.2) is 4.98 Å². The minimum atomic E-state index is -0.266. The number of nitrogens with two attached hydrogens (primary N) is 1. The first-order chi connectivity index (χ1) is 6.09. The van der Waals surface area contributed by atoms with E-state index in [1.807, 2.05) is 0 Å². The second-order valence-electron chi connectivity index (χ2n) is 2.70. The van der Waals surface area contributed by atoms with Crippen LogP contribution in [0, 0.1) is 12.7 Å². The van der Waals surface area contributed by atoms with E-state index in [-0.39, 0.29) is 5.82 Å². The summed E-state index contributed by atoms with van der Waals surface area (Å²) < 4.78 is 14.7. The fraction of sp³-hybridized carbons (Fsp3) is 0.125. The van der Waals surface area contributed by atoms with Gasteiger partial charge in [-0.3, -0.25) is 0 Å². The van der Waals surface area contributed by atoms with Crippen LogP contribution in [0.3, 0.4) is 0 Å². The molecule has 0 aliphatic heterocycles. The lowest BCUT2D eigenvalue weighted by atomic mass is 10.2. The van der Waals surface area contributed by atoms with Gasteiger partial charge in [0.25, 0.3) is 0 Å². The summed E-state index contributed by atoms with van der Waals surface area (Å²) in [5.41, 5.74) is 6.72. The Labute approximate surface area is 86.7 Å². The SMILES string of the molecule is Cc1c(F)c(Br)cc2sc(N)nc12. The Kier molecular flexibility index (Phi) is 2.00. The normalized spacial score (nSPS) is 11.0. The summed E-state index contributed by atoms with van der Waals surface area (Å²) >= 11 is 4.50. The standard InChI is InChI=1S/C8H6BrFN2S/c1-3-6(10)4(9)2-5-7(3)12-8(11)13-5/h2H,1H3,(H2,11,12). The topological polar surface area (TPSA) is 38.9 Å². The molecule has 0 saturated heterocycles. The monoisotopic (exact) mass is 260 g/mol. The van der Waals surface area contributed by atoms with Gasteiger partial charge in [0.15, 0.2) is 5.13 Å². The van der Waals surface area contributed by atoms with E-state index in [9.17, 15) is 4.39 Å². The smallest absolute Gasteiger partial charge is 0.181 e. The zero-order chi connectivity index (χ0) is 9.59. The molecule has 1 aromatic carbocycles. The highest BCUT2D eigenvalue weighted by Gasteiger charge is 2.11. The fourth-order valence-electron chi connectivity index (χ4n) is 1.18. The van der Waals surface area contributed by atoms with Crippen molar-refractivity contribution in [3.05, 3.63) is 21.9 Å². The summed E-state index contributed by atoms with van der Waals surface area (Å²) in [6, 6.07) is 1.70. The van der Waals surface area contributed by atoms with Crippen LogP contribution < -0.4 is 5.73 Å². The van der Waals surface area contributed by atoms with E-state index in [2.05, 4.69) is 20.9 Å². The van der Waals surface area contributed by atoms with Crippen LogP contribution in [0.4, 0.5) is 9.52 Å². The van der Waals surface area contributed by atoms with E-state index in [1.165, 1.54) is 11.3 Å². The second kappa shape index (κ2) is 2.92. The maximum Gasteiger partial charge on any atom is 0.181 e. The van der Waals surface area contributed by atoms with E-state index in [0.29, 0.717) is 20.7 Å². The molecule has 0 fully saturated rings. The van der Waals surface area contributed by atoms with Gasteiger partial charge in [0, 0.05) is 5.56 Å². The minimum Gasteiger partial charge on any atom is -0.375 e. The van der Waals surface area contributed by atoms with Gasteiger partial charge in [0.05, 0.1) is 14.7 Å². The summed E-state index contributed by atoms with van der Waals surface area (Å²) in [6.45, 7) is 1.70. The van der Waals surface area contributed by atoms with E-state index in [1.54, 1.807) is 13.0 Å². The highest BCUT2D eigenvalue weighted by molar-refractivity contribution is 9.10. The number of hydrogen-bond donors (Lipinski definition) is 1. The number of halogens is 2. The molecule has 0 aliphatic rings. The first-order valence-electron chi connectivity index (χ1n) is 3.60. The first kappa shape index (κ1) is 8.90. The number of hydrogen-bond acceptors (Lipinski definition) is 3. The summed E-state index contributed by atoms with van der Waals surface area (Å²) in [7, 11) is 0. The van der Waals surface area contributed by atoms with Crippen LogP contribution in [0.15, 0.2) is 10.5 Å². The van der Waals surface area contributed by atoms with Crippen LogP contribution in [0.5, 0.6) is 0 Å². The lowest BCUT2D eigenvalue weighted by molar-refractivity contribution is 0.614. The number of benzene rings is 1. The number of aryl methyl sites for hydroxylation is 1. The zero-order valence-electron chi connectivity index (χ0n) is 6.77. The lowest BCUT2D eigenvalue weighted by Gasteiger charge is -1.98. The number of thiazole rings is 1. The number of anilines is 1. The van der Waals surface area contributed by atoms with E-state index in [0.717, 1.165) is 4.70 Å². The Balaban J connectivity index is 2.92. The lowest BCUT2D eigenvalue weighted by Crippen LogP contribution is -1.86. The summed E-state index contributed by atoms with van der Waals surface area (Å²) in [6.07, 6.45) is 0. The molecule has 0 saturated carbocycles. The molecule has 13 heavy (non-hydrogen) atoms. The van der Waals surface area contributed by atoms with Gasteiger partial charge in [-0.05, 0) is 28.9 Å². The quantitative estimate of drug-likeness (QED) is 0.791.